The number of hydrogen-bond acceptors (Lipinski definition) is 3. The van der Waals surface area contributed by atoms with Crippen LogP contribution >= 0.6 is 0 Å². The topological polar surface area (TPSA) is 70.5 Å². The number of alkyl halides is 3. The van der Waals surface area contributed by atoms with Crippen molar-refractivity contribution in [3.05, 3.63) is 23.9 Å². The van der Waals surface area contributed by atoms with Gasteiger partial charge in [-0.15, -0.1) is 0 Å². The normalized spacial score (nSPS) is 19.8. The van der Waals surface area contributed by atoms with Crippen molar-refractivity contribution >= 4 is 17.7 Å². The van der Waals surface area contributed by atoms with Crippen LogP contribution in [0, 0.1) is 0 Å². The number of amides is 1. The molecule has 0 radical (unpaired) electrons. The first-order valence-electron chi connectivity index (χ1n) is 5.39. The Morgan fingerprint density at radius 1 is 1.42 bits per heavy atom. The summed E-state index contributed by atoms with van der Waals surface area (Å²) in [7, 11) is 0. The number of pyridine rings is 1. The lowest BCUT2D eigenvalue weighted by atomic mass is 10.2. The first-order chi connectivity index (χ1) is 8.80. The molecule has 0 saturated carbocycles. The van der Waals surface area contributed by atoms with Gasteiger partial charge in [0.05, 0.1) is 5.56 Å². The Balaban J connectivity index is 2.31. The molecule has 1 N–H and O–H groups in total. The van der Waals surface area contributed by atoms with Crippen LogP contribution in [-0.4, -0.2) is 28.0 Å². The van der Waals surface area contributed by atoms with Crippen LogP contribution in [-0.2, 0) is 15.8 Å². The van der Waals surface area contributed by atoms with E-state index in [1.165, 1.54) is 0 Å². The molecule has 102 valence electrons. The predicted octanol–water partition coefficient (Wildman–Crippen LogP) is 1.68. The molecule has 1 saturated heterocycles. The summed E-state index contributed by atoms with van der Waals surface area (Å²) in [6.07, 6.45) is -3.77. The third kappa shape index (κ3) is 2.51. The Kier molecular flexibility index (Phi) is 3.17. The number of rotatable bonds is 2. The molecule has 1 aliphatic rings. The predicted molar refractivity (Wildman–Crippen MR) is 57.4 cm³/mol. The van der Waals surface area contributed by atoms with E-state index in [4.69, 9.17) is 5.11 Å². The third-order valence-electron chi connectivity index (χ3n) is 2.82. The van der Waals surface area contributed by atoms with Gasteiger partial charge in [-0.25, -0.2) is 9.78 Å². The van der Waals surface area contributed by atoms with Crippen LogP contribution in [0.1, 0.15) is 18.4 Å². The number of carboxylic acid groups (broad SMARTS) is 1. The third-order valence-corrected chi connectivity index (χ3v) is 2.82. The molecule has 1 amide bonds. The number of halogens is 3. The van der Waals surface area contributed by atoms with Crippen LogP contribution in [0.3, 0.4) is 0 Å². The van der Waals surface area contributed by atoms with Gasteiger partial charge < -0.3 is 5.11 Å². The first kappa shape index (κ1) is 13.3. The van der Waals surface area contributed by atoms with E-state index in [1.54, 1.807) is 0 Å². The van der Waals surface area contributed by atoms with E-state index in [9.17, 15) is 22.8 Å². The van der Waals surface area contributed by atoms with Gasteiger partial charge in [0.1, 0.15) is 11.9 Å². The summed E-state index contributed by atoms with van der Waals surface area (Å²) in [6, 6.07) is 0.700. The first-order valence-corrected chi connectivity index (χ1v) is 5.39. The number of anilines is 1. The minimum atomic E-state index is -4.52. The molecule has 2 rings (SSSR count). The van der Waals surface area contributed by atoms with Crippen molar-refractivity contribution in [3.63, 3.8) is 0 Å². The lowest BCUT2D eigenvalue weighted by Gasteiger charge is -2.20. The van der Waals surface area contributed by atoms with Gasteiger partial charge in [-0.05, 0) is 18.6 Å². The zero-order valence-electron chi connectivity index (χ0n) is 9.52. The quantitative estimate of drug-likeness (QED) is 0.890. The molecule has 2 heterocycles. The van der Waals surface area contributed by atoms with Crippen molar-refractivity contribution in [2.24, 2.45) is 0 Å². The molecule has 5 nitrogen and oxygen atoms in total. The fourth-order valence-electron chi connectivity index (χ4n) is 1.90. The standard InChI is InChI=1S/C11H9F3N2O3/c12-11(13,14)6-1-3-8(15-5-6)16-7(10(18)19)2-4-9(16)17/h1,3,5,7H,2,4H2,(H,18,19)/t7-/m0/s1. The van der Waals surface area contributed by atoms with E-state index < -0.39 is 29.7 Å². The van der Waals surface area contributed by atoms with Gasteiger partial charge >= 0.3 is 12.1 Å². The summed E-state index contributed by atoms with van der Waals surface area (Å²) in [6.45, 7) is 0. The van der Waals surface area contributed by atoms with E-state index in [-0.39, 0.29) is 18.7 Å². The van der Waals surface area contributed by atoms with Crippen LogP contribution in [0.15, 0.2) is 18.3 Å². The maximum atomic E-state index is 12.4. The van der Waals surface area contributed by atoms with Crippen LogP contribution in [0.25, 0.3) is 0 Å². The molecule has 0 spiro atoms. The molecule has 1 aliphatic heterocycles. The minimum Gasteiger partial charge on any atom is -0.480 e. The molecule has 0 aromatic carbocycles. The van der Waals surface area contributed by atoms with E-state index in [2.05, 4.69) is 4.98 Å². The molecule has 1 fully saturated rings. The molecule has 8 heteroatoms. The second-order valence-corrected chi connectivity index (χ2v) is 4.06. The molecule has 0 unspecified atom stereocenters. The van der Waals surface area contributed by atoms with Crippen molar-refractivity contribution in [2.45, 2.75) is 25.1 Å². The van der Waals surface area contributed by atoms with Gasteiger partial charge in [0.15, 0.2) is 0 Å². The lowest BCUT2D eigenvalue weighted by molar-refractivity contribution is -0.139. The average molecular weight is 274 g/mol. The van der Waals surface area contributed by atoms with Gasteiger partial charge in [-0.3, -0.25) is 9.69 Å². The summed E-state index contributed by atoms with van der Waals surface area (Å²) in [5.41, 5.74) is -0.949. The highest BCUT2D eigenvalue weighted by Crippen LogP contribution is 2.31. The number of aliphatic carboxylic acids is 1. The number of nitrogens with zero attached hydrogens (tertiary/aromatic N) is 2. The van der Waals surface area contributed by atoms with Crippen molar-refractivity contribution in [3.8, 4) is 0 Å². The highest BCUT2D eigenvalue weighted by molar-refractivity contribution is 6.01. The zero-order chi connectivity index (χ0) is 14.2. The van der Waals surface area contributed by atoms with E-state index in [0.29, 0.717) is 6.20 Å². The summed E-state index contributed by atoms with van der Waals surface area (Å²) in [5, 5.41) is 8.94. The van der Waals surface area contributed by atoms with Crippen molar-refractivity contribution < 1.29 is 27.9 Å². The number of carbonyl (C=O) groups is 2. The Morgan fingerprint density at radius 3 is 2.58 bits per heavy atom. The smallest absolute Gasteiger partial charge is 0.417 e. The molecule has 1 atom stereocenters. The second-order valence-electron chi connectivity index (χ2n) is 4.06. The van der Waals surface area contributed by atoms with E-state index >= 15 is 0 Å². The van der Waals surface area contributed by atoms with Gasteiger partial charge in [-0.1, -0.05) is 0 Å². The van der Waals surface area contributed by atoms with E-state index in [1.807, 2.05) is 0 Å². The summed E-state index contributed by atoms with van der Waals surface area (Å²) < 4.78 is 37.1. The molecular weight excluding hydrogens is 265 g/mol. The Labute approximate surface area is 105 Å². The van der Waals surface area contributed by atoms with Gasteiger partial charge in [0.25, 0.3) is 0 Å². The van der Waals surface area contributed by atoms with Gasteiger partial charge in [-0.2, -0.15) is 13.2 Å². The van der Waals surface area contributed by atoms with Crippen molar-refractivity contribution in [1.82, 2.24) is 4.98 Å². The van der Waals surface area contributed by atoms with Gasteiger partial charge in [0, 0.05) is 12.6 Å². The SMILES string of the molecule is O=C(O)[C@@H]1CCC(=O)N1c1ccc(C(F)(F)F)cn1. The highest BCUT2D eigenvalue weighted by atomic mass is 19.4. The fraction of sp³-hybridized carbons (Fsp3) is 0.364. The zero-order valence-corrected chi connectivity index (χ0v) is 9.52. The number of hydrogen-bond donors (Lipinski definition) is 1. The maximum absolute atomic E-state index is 12.4. The molecular formula is C11H9F3N2O3. The Bertz CT molecular complexity index is 513. The van der Waals surface area contributed by atoms with Crippen LogP contribution in [0.4, 0.5) is 19.0 Å². The molecule has 1 aromatic rings. The van der Waals surface area contributed by atoms with Crippen molar-refractivity contribution in [1.29, 1.82) is 0 Å². The summed E-state index contributed by atoms with van der Waals surface area (Å²) in [4.78, 5) is 27.0. The largest absolute Gasteiger partial charge is 0.480 e. The summed E-state index contributed by atoms with van der Waals surface area (Å²) in [5.74, 6) is -1.74. The molecule has 0 bridgehead atoms. The summed E-state index contributed by atoms with van der Waals surface area (Å²) >= 11 is 0. The van der Waals surface area contributed by atoms with Crippen LogP contribution in [0.5, 0.6) is 0 Å². The maximum Gasteiger partial charge on any atom is 0.417 e. The Hall–Kier alpha value is -2.12. The minimum absolute atomic E-state index is 0.0413. The van der Waals surface area contributed by atoms with Crippen LogP contribution < -0.4 is 4.90 Å². The van der Waals surface area contributed by atoms with Gasteiger partial charge in [0.2, 0.25) is 5.91 Å². The van der Waals surface area contributed by atoms with Crippen LogP contribution in [0.2, 0.25) is 0 Å². The second kappa shape index (κ2) is 4.52. The molecule has 0 aliphatic carbocycles. The number of carbonyl (C=O) groups excluding carboxylic acids is 1. The lowest BCUT2D eigenvalue weighted by Crippen LogP contribution is -2.39. The number of aromatic nitrogens is 1. The molecule has 1 aromatic heterocycles. The number of carboxylic acids is 1. The Morgan fingerprint density at radius 2 is 2.11 bits per heavy atom. The monoisotopic (exact) mass is 274 g/mol. The fourth-order valence-corrected chi connectivity index (χ4v) is 1.90. The average Bonchev–Trinajstić information content (AvgIpc) is 2.70. The van der Waals surface area contributed by atoms with E-state index in [0.717, 1.165) is 17.0 Å². The highest BCUT2D eigenvalue weighted by Gasteiger charge is 2.38. The van der Waals surface area contributed by atoms with Crippen molar-refractivity contribution in [2.75, 3.05) is 4.90 Å². The molecule has 19 heavy (non-hydrogen) atoms.